The predicted molar refractivity (Wildman–Crippen MR) is 73.7 cm³/mol. The molecule has 5 nitrogen and oxygen atoms in total. The van der Waals surface area contributed by atoms with Crippen LogP contribution in [-0.4, -0.2) is 30.7 Å². The maximum absolute atomic E-state index is 6.20. The number of ether oxygens (including phenoxy) is 2. The molecule has 100 valence electrons. The lowest BCUT2D eigenvalue weighted by atomic mass is 10.1. The second kappa shape index (κ2) is 4.66. The third-order valence-corrected chi connectivity index (χ3v) is 3.54. The molecule has 1 unspecified atom stereocenters. The molecule has 19 heavy (non-hydrogen) atoms. The van der Waals surface area contributed by atoms with Crippen molar-refractivity contribution in [1.29, 1.82) is 0 Å². The van der Waals surface area contributed by atoms with Gasteiger partial charge in [0.2, 0.25) is 6.79 Å². The van der Waals surface area contributed by atoms with Gasteiger partial charge >= 0.3 is 0 Å². The molecule has 0 fully saturated rings. The van der Waals surface area contributed by atoms with E-state index in [9.17, 15) is 0 Å². The molecule has 0 saturated carbocycles. The molecule has 0 radical (unpaired) electrons. The van der Waals surface area contributed by atoms with Gasteiger partial charge in [0.1, 0.15) is 0 Å². The molecular formula is C13H14ClN3O2. The lowest BCUT2D eigenvalue weighted by Gasteiger charge is -2.25. The van der Waals surface area contributed by atoms with Crippen LogP contribution in [0.25, 0.3) is 0 Å². The zero-order chi connectivity index (χ0) is 13.4. The summed E-state index contributed by atoms with van der Waals surface area (Å²) in [6, 6.07) is 3.87. The minimum Gasteiger partial charge on any atom is -0.454 e. The van der Waals surface area contributed by atoms with Crippen LogP contribution in [-0.2, 0) is 0 Å². The van der Waals surface area contributed by atoms with E-state index in [1.165, 1.54) is 0 Å². The zero-order valence-corrected chi connectivity index (χ0v) is 11.1. The first-order valence-electron chi connectivity index (χ1n) is 5.97. The molecule has 3 rings (SSSR count). The number of nitrogens with zero attached hydrogens (tertiary/aromatic N) is 2. The number of rotatable bonds is 3. The number of hydrogen-bond acceptors (Lipinski definition) is 5. The van der Waals surface area contributed by atoms with Gasteiger partial charge in [-0.2, -0.15) is 0 Å². The van der Waals surface area contributed by atoms with Gasteiger partial charge in [0.15, 0.2) is 17.5 Å². The van der Waals surface area contributed by atoms with Crippen molar-refractivity contribution in [3.8, 4) is 11.5 Å². The van der Waals surface area contributed by atoms with Crippen LogP contribution in [0.1, 0.15) is 11.6 Å². The lowest BCUT2D eigenvalue weighted by Crippen LogP contribution is -2.36. The molecule has 0 spiro atoms. The number of hydrogen-bond donors (Lipinski definition) is 1. The van der Waals surface area contributed by atoms with Crippen LogP contribution in [0.15, 0.2) is 29.8 Å². The summed E-state index contributed by atoms with van der Waals surface area (Å²) in [5.74, 6) is 1.80. The number of guanidine groups is 1. The summed E-state index contributed by atoms with van der Waals surface area (Å²) >= 11 is 6.20. The van der Waals surface area contributed by atoms with Crippen LogP contribution >= 0.6 is 11.6 Å². The number of halogens is 1. The fourth-order valence-corrected chi connectivity index (χ4v) is 2.63. The van der Waals surface area contributed by atoms with E-state index in [4.69, 9.17) is 26.8 Å². The summed E-state index contributed by atoms with van der Waals surface area (Å²) in [7, 11) is 0. The number of nitrogens with two attached hydrogens (primary N) is 1. The molecule has 1 atom stereocenters. The second-order valence-corrected chi connectivity index (χ2v) is 4.80. The van der Waals surface area contributed by atoms with Crippen LogP contribution in [0.5, 0.6) is 11.5 Å². The van der Waals surface area contributed by atoms with Gasteiger partial charge in [0.05, 0.1) is 17.6 Å². The second-order valence-electron chi connectivity index (χ2n) is 4.39. The normalized spacial score (nSPS) is 20.6. The first-order valence-corrected chi connectivity index (χ1v) is 6.35. The Morgan fingerprint density at radius 3 is 3.16 bits per heavy atom. The van der Waals surface area contributed by atoms with Crippen LogP contribution < -0.4 is 15.2 Å². The molecule has 0 aliphatic carbocycles. The quantitative estimate of drug-likeness (QED) is 0.859. The van der Waals surface area contributed by atoms with Gasteiger partial charge in [-0.1, -0.05) is 17.7 Å². The maximum Gasteiger partial charge on any atom is 0.231 e. The Bertz CT molecular complexity index is 559. The molecule has 2 N–H and O–H groups in total. The molecule has 0 amide bonds. The fourth-order valence-electron chi connectivity index (χ4n) is 2.35. The molecule has 6 heteroatoms. The van der Waals surface area contributed by atoms with E-state index < -0.39 is 0 Å². The van der Waals surface area contributed by atoms with Gasteiger partial charge in [-0.15, -0.1) is 6.58 Å². The summed E-state index contributed by atoms with van der Waals surface area (Å²) in [6.07, 6.45) is 1.80. The Labute approximate surface area is 116 Å². The van der Waals surface area contributed by atoms with Crippen LogP contribution in [0.4, 0.5) is 0 Å². The molecule has 2 heterocycles. The summed E-state index contributed by atoms with van der Waals surface area (Å²) in [5, 5.41) is 0.550. The van der Waals surface area contributed by atoms with Crippen molar-refractivity contribution in [2.75, 3.05) is 19.9 Å². The molecule has 1 aromatic rings. The molecule has 0 bridgehead atoms. The largest absolute Gasteiger partial charge is 0.454 e. The van der Waals surface area contributed by atoms with E-state index in [0.29, 0.717) is 35.6 Å². The van der Waals surface area contributed by atoms with E-state index >= 15 is 0 Å². The van der Waals surface area contributed by atoms with Gasteiger partial charge in [-0.25, -0.2) is 0 Å². The Morgan fingerprint density at radius 1 is 1.53 bits per heavy atom. The van der Waals surface area contributed by atoms with Crippen molar-refractivity contribution in [2.45, 2.75) is 6.04 Å². The van der Waals surface area contributed by atoms with E-state index in [1.54, 1.807) is 6.08 Å². The van der Waals surface area contributed by atoms with Crippen LogP contribution in [0.2, 0.25) is 5.02 Å². The van der Waals surface area contributed by atoms with Gasteiger partial charge < -0.3 is 20.1 Å². The van der Waals surface area contributed by atoms with Crippen LogP contribution in [0.3, 0.4) is 0 Å². The summed E-state index contributed by atoms with van der Waals surface area (Å²) in [5.41, 5.74) is 6.90. The highest BCUT2D eigenvalue weighted by Crippen LogP contribution is 2.42. The first kappa shape index (κ1) is 12.2. The number of benzene rings is 1. The minimum atomic E-state index is 0.0602. The topological polar surface area (TPSA) is 60.1 Å². The lowest BCUT2D eigenvalue weighted by molar-refractivity contribution is 0.174. The predicted octanol–water partition coefficient (Wildman–Crippen LogP) is 1.93. The van der Waals surface area contributed by atoms with Crippen molar-refractivity contribution in [3.63, 3.8) is 0 Å². The molecule has 0 saturated heterocycles. The highest BCUT2D eigenvalue weighted by molar-refractivity contribution is 6.32. The van der Waals surface area contributed by atoms with E-state index in [2.05, 4.69) is 11.6 Å². The molecule has 2 aliphatic heterocycles. The Kier molecular flexibility index (Phi) is 2.98. The smallest absolute Gasteiger partial charge is 0.231 e. The Hall–Kier alpha value is -1.88. The standard InChI is InChI=1S/C13H14ClN3O2/c1-2-3-17-10(6-16-13(17)15)8-4-9(14)12-11(5-8)18-7-19-12/h2,4-5,10H,1,3,6-7H2,(H2,15,16). The van der Waals surface area contributed by atoms with Gasteiger partial charge in [0, 0.05) is 6.54 Å². The average Bonchev–Trinajstić information content (AvgIpc) is 2.98. The van der Waals surface area contributed by atoms with Crippen molar-refractivity contribution >= 4 is 17.6 Å². The van der Waals surface area contributed by atoms with Crippen molar-refractivity contribution in [1.82, 2.24) is 4.90 Å². The summed E-state index contributed by atoms with van der Waals surface area (Å²) in [4.78, 5) is 6.26. The minimum absolute atomic E-state index is 0.0602. The molecule has 2 aliphatic rings. The summed E-state index contributed by atoms with van der Waals surface area (Å²) in [6.45, 7) is 5.20. The molecule has 0 aromatic heterocycles. The zero-order valence-electron chi connectivity index (χ0n) is 10.3. The fraction of sp³-hybridized carbons (Fsp3) is 0.308. The molecule has 1 aromatic carbocycles. The van der Waals surface area contributed by atoms with E-state index in [-0.39, 0.29) is 12.8 Å². The number of aliphatic imine (C=N–C) groups is 1. The van der Waals surface area contributed by atoms with Gasteiger partial charge in [-0.05, 0) is 17.7 Å². The third kappa shape index (κ3) is 2.00. The van der Waals surface area contributed by atoms with Gasteiger partial charge in [-0.3, -0.25) is 4.99 Å². The first-order chi connectivity index (χ1) is 9.20. The Morgan fingerprint density at radius 2 is 2.37 bits per heavy atom. The molecular weight excluding hydrogens is 266 g/mol. The van der Waals surface area contributed by atoms with Crippen molar-refractivity contribution in [3.05, 3.63) is 35.4 Å². The highest BCUT2D eigenvalue weighted by atomic mass is 35.5. The van der Waals surface area contributed by atoms with Gasteiger partial charge in [0.25, 0.3) is 0 Å². The average molecular weight is 280 g/mol. The van der Waals surface area contributed by atoms with Crippen molar-refractivity contribution < 1.29 is 9.47 Å². The monoisotopic (exact) mass is 279 g/mol. The maximum atomic E-state index is 6.20. The SMILES string of the molecule is C=CCN1C(N)=NCC1c1cc(Cl)c2c(c1)OCO2. The van der Waals surface area contributed by atoms with Crippen molar-refractivity contribution in [2.24, 2.45) is 10.7 Å². The third-order valence-electron chi connectivity index (χ3n) is 3.26. The van der Waals surface area contributed by atoms with E-state index in [1.807, 2.05) is 17.0 Å². The van der Waals surface area contributed by atoms with E-state index in [0.717, 1.165) is 5.56 Å². The highest BCUT2D eigenvalue weighted by Gasteiger charge is 2.29. The Balaban J connectivity index is 1.94. The summed E-state index contributed by atoms with van der Waals surface area (Å²) < 4.78 is 10.7. The number of fused-ring (bicyclic) bond motifs is 1. The van der Waals surface area contributed by atoms with Crippen LogP contribution in [0, 0.1) is 0 Å².